The molecular formula is C19H21FN2O2. The summed E-state index contributed by atoms with van der Waals surface area (Å²) in [6, 6.07) is 10.0. The molecule has 0 atom stereocenters. The minimum Gasteiger partial charge on any atom is -0.381 e. The Balaban J connectivity index is 1.94. The second-order valence-electron chi connectivity index (χ2n) is 6.24. The predicted octanol–water partition coefficient (Wildman–Crippen LogP) is 3.27. The number of benzene rings is 1. The van der Waals surface area contributed by atoms with Crippen LogP contribution >= 0.6 is 0 Å². The lowest BCUT2D eigenvalue weighted by molar-refractivity contribution is 0.0344. The van der Waals surface area contributed by atoms with E-state index in [1.165, 1.54) is 12.1 Å². The van der Waals surface area contributed by atoms with Crippen LogP contribution in [0.1, 0.15) is 40.2 Å². The van der Waals surface area contributed by atoms with E-state index in [9.17, 15) is 9.18 Å². The van der Waals surface area contributed by atoms with Gasteiger partial charge in [0.25, 0.3) is 5.91 Å². The number of carbonyl (C=O) groups is 1. The van der Waals surface area contributed by atoms with E-state index in [0.29, 0.717) is 37.3 Å². The Morgan fingerprint density at radius 1 is 1.21 bits per heavy atom. The van der Waals surface area contributed by atoms with Crippen molar-refractivity contribution in [3.8, 4) is 0 Å². The van der Waals surface area contributed by atoms with E-state index in [1.54, 1.807) is 12.1 Å². The Bertz CT molecular complexity index is 755. The molecule has 0 spiro atoms. The summed E-state index contributed by atoms with van der Waals surface area (Å²) in [5.41, 5.74) is 2.26. The number of aryl methyl sites for hydroxylation is 2. The number of halogens is 1. The lowest BCUT2D eigenvalue weighted by Crippen LogP contribution is -2.49. The average molecular weight is 328 g/mol. The van der Waals surface area contributed by atoms with Gasteiger partial charge in [-0.15, -0.1) is 0 Å². The molecule has 0 radical (unpaired) electrons. The molecule has 24 heavy (non-hydrogen) atoms. The molecule has 2 heterocycles. The maximum atomic E-state index is 13.7. The Labute approximate surface area is 141 Å². The summed E-state index contributed by atoms with van der Waals surface area (Å²) in [5, 5.41) is 3.13. The van der Waals surface area contributed by atoms with Crippen molar-refractivity contribution in [2.75, 3.05) is 13.2 Å². The fraction of sp³-hybridized carbons (Fsp3) is 0.368. The molecule has 3 rings (SSSR count). The largest absolute Gasteiger partial charge is 0.381 e. The number of ether oxygens (including phenoxy) is 1. The molecule has 1 amide bonds. The summed E-state index contributed by atoms with van der Waals surface area (Å²) in [6.07, 6.45) is 1.22. The van der Waals surface area contributed by atoms with Crippen LogP contribution in [-0.4, -0.2) is 24.1 Å². The monoisotopic (exact) mass is 328 g/mol. The molecule has 0 bridgehead atoms. The van der Waals surface area contributed by atoms with Crippen molar-refractivity contribution in [1.82, 2.24) is 10.3 Å². The van der Waals surface area contributed by atoms with Crippen molar-refractivity contribution >= 4 is 5.91 Å². The molecule has 0 unspecified atom stereocenters. The van der Waals surface area contributed by atoms with Crippen molar-refractivity contribution in [3.05, 3.63) is 64.7 Å². The number of nitrogens with one attached hydrogen (secondary N) is 1. The molecule has 1 aromatic heterocycles. The van der Waals surface area contributed by atoms with Crippen LogP contribution in [0.5, 0.6) is 0 Å². The number of hydrogen-bond donors (Lipinski definition) is 1. The van der Waals surface area contributed by atoms with Gasteiger partial charge < -0.3 is 10.1 Å². The van der Waals surface area contributed by atoms with Crippen molar-refractivity contribution in [2.45, 2.75) is 32.2 Å². The highest BCUT2D eigenvalue weighted by molar-refractivity contribution is 5.95. The van der Waals surface area contributed by atoms with Crippen molar-refractivity contribution in [2.24, 2.45) is 0 Å². The Morgan fingerprint density at radius 3 is 2.62 bits per heavy atom. The Kier molecular flexibility index (Phi) is 4.62. The number of rotatable bonds is 3. The van der Waals surface area contributed by atoms with E-state index in [-0.39, 0.29) is 11.7 Å². The lowest BCUT2D eigenvalue weighted by Gasteiger charge is -2.38. The predicted molar refractivity (Wildman–Crippen MR) is 89.3 cm³/mol. The smallest absolute Gasteiger partial charge is 0.253 e. The van der Waals surface area contributed by atoms with Gasteiger partial charge in [0, 0.05) is 18.9 Å². The maximum Gasteiger partial charge on any atom is 0.253 e. The molecule has 4 nitrogen and oxygen atoms in total. The number of hydrogen-bond acceptors (Lipinski definition) is 3. The Morgan fingerprint density at radius 2 is 1.96 bits per heavy atom. The topological polar surface area (TPSA) is 51.2 Å². The van der Waals surface area contributed by atoms with E-state index in [1.807, 2.05) is 26.0 Å². The minimum absolute atomic E-state index is 0.189. The fourth-order valence-corrected chi connectivity index (χ4v) is 3.20. The zero-order chi connectivity index (χ0) is 17.2. The highest BCUT2D eigenvalue weighted by Gasteiger charge is 2.36. The molecule has 126 valence electrons. The van der Waals surface area contributed by atoms with Gasteiger partial charge in [-0.3, -0.25) is 9.78 Å². The summed E-state index contributed by atoms with van der Waals surface area (Å²) in [4.78, 5) is 17.2. The molecule has 1 aliphatic heterocycles. The van der Waals surface area contributed by atoms with E-state index in [0.717, 1.165) is 11.3 Å². The van der Waals surface area contributed by atoms with Crippen molar-refractivity contribution in [3.63, 3.8) is 0 Å². The highest BCUT2D eigenvalue weighted by atomic mass is 19.1. The second-order valence-corrected chi connectivity index (χ2v) is 6.24. The highest BCUT2D eigenvalue weighted by Crippen LogP contribution is 2.33. The van der Waals surface area contributed by atoms with Crippen LogP contribution < -0.4 is 5.32 Å². The van der Waals surface area contributed by atoms with E-state index < -0.39 is 5.54 Å². The van der Waals surface area contributed by atoms with Crippen LogP contribution in [0.4, 0.5) is 4.39 Å². The number of nitrogens with zero attached hydrogens (tertiary/aromatic N) is 1. The first kappa shape index (κ1) is 16.6. The van der Waals surface area contributed by atoms with Gasteiger partial charge in [-0.05, 0) is 56.5 Å². The van der Waals surface area contributed by atoms with Crippen LogP contribution in [0.2, 0.25) is 0 Å². The van der Waals surface area contributed by atoms with Gasteiger partial charge in [-0.25, -0.2) is 4.39 Å². The summed E-state index contributed by atoms with van der Waals surface area (Å²) in [5.74, 6) is -0.494. The summed E-state index contributed by atoms with van der Waals surface area (Å²) in [6.45, 7) is 4.77. The number of aromatic nitrogens is 1. The van der Waals surface area contributed by atoms with Gasteiger partial charge in [0.1, 0.15) is 5.82 Å². The third kappa shape index (κ3) is 3.31. The quantitative estimate of drug-likeness (QED) is 0.941. The summed E-state index contributed by atoms with van der Waals surface area (Å²) in [7, 11) is 0. The van der Waals surface area contributed by atoms with Crippen molar-refractivity contribution < 1.29 is 13.9 Å². The second kappa shape index (κ2) is 6.69. The van der Waals surface area contributed by atoms with Gasteiger partial charge >= 0.3 is 0 Å². The van der Waals surface area contributed by atoms with Crippen LogP contribution in [0.25, 0.3) is 0 Å². The molecule has 0 aliphatic carbocycles. The molecule has 0 saturated carbocycles. The average Bonchev–Trinajstić information content (AvgIpc) is 2.55. The van der Waals surface area contributed by atoms with Crippen LogP contribution in [0.3, 0.4) is 0 Å². The molecule has 1 aliphatic rings. The molecule has 1 fully saturated rings. The van der Waals surface area contributed by atoms with Gasteiger partial charge in [0.15, 0.2) is 0 Å². The fourth-order valence-electron chi connectivity index (χ4n) is 3.20. The van der Waals surface area contributed by atoms with Gasteiger partial charge in [-0.1, -0.05) is 12.1 Å². The van der Waals surface area contributed by atoms with Crippen LogP contribution in [0.15, 0.2) is 36.4 Å². The molecule has 1 aromatic carbocycles. The SMILES string of the molecule is Cc1ccc(C(=O)NC2(c3cccc(F)c3)CCOCC2)c(C)n1. The lowest BCUT2D eigenvalue weighted by atomic mass is 9.82. The van der Waals surface area contributed by atoms with E-state index >= 15 is 0 Å². The zero-order valence-electron chi connectivity index (χ0n) is 13.9. The van der Waals surface area contributed by atoms with Crippen molar-refractivity contribution in [1.29, 1.82) is 0 Å². The van der Waals surface area contributed by atoms with Gasteiger partial charge in [-0.2, -0.15) is 0 Å². The first-order valence-corrected chi connectivity index (χ1v) is 8.11. The summed E-state index contributed by atoms with van der Waals surface area (Å²) >= 11 is 0. The summed E-state index contributed by atoms with van der Waals surface area (Å²) < 4.78 is 19.2. The molecule has 1 N–H and O–H groups in total. The van der Waals surface area contributed by atoms with Crippen LogP contribution in [0, 0.1) is 19.7 Å². The number of pyridine rings is 1. The normalized spacial score (nSPS) is 16.6. The first-order chi connectivity index (χ1) is 11.5. The van der Waals surface area contributed by atoms with E-state index in [4.69, 9.17) is 4.74 Å². The van der Waals surface area contributed by atoms with E-state index in [2.05, 4.69) is 10.3 Å². The molecule has 2 aromatic rings. The molecular weight excluding hydrogens is 307 g/mol. The molecule has 1 saturated heterocycles. The third-order valence-corrected chi connectivity index (χ3v) is 4.55. The minimum atomic E-state index is -0.616. The maximum absolute atomic E-state index is 13.7. The zero-order valence-corrected chi connectivity index (χ0v) is 13.9. The van der Waals surface area contributed by atoms with Crippen LogP contribution in [-0.2, 0) is 10.3 Å². The van der Waals surface area contributed by atoms with Gasteiger partial charge in [0.05, 0.1) is 16.8 Å². The first-order valence-electron chi connectivity index (χ1n) is 8.11. The Hall–Kier alpha value is -2.27. The third-order valence-electron chi connectivity index (χ3n) is 4.55. The standard InChI is InChI=1S/C19H21FN2O2/c1-13-6-7-17(14(2)21-13)18(23)22-19(8-10-24-11-9-19)15-4-3-5-16(20)12-15/h3-7,12H,8-11H2,1-2H3,(H,22,23). The molecule has 5 heteroatoms. The number of amides is 1. The number of carbonyl (C=O) groups excluding carboxylic acids is 1. The van der Waals surface area contributed by atoms with Gasteiger partial charge in [0.2, 0.25) is 0 Å².